The van der Waals surface area contributed by atoms with E-state index in [1.807, 2.05) is 73.0 Å². The van der Waals surface area contributed by atoms with Gasteiger partial charge in [-0.25, -0.2) is 0 Å². The van der Waals surface area contributed by atoms with Crippen LogP contribution in [0.15, 0.2) is 59.8 Å². The van der Waals surface area contributed by atoms with Crippen molar-refractivity contribution in [1.82, 2.24) is 14.8 Å². The van der Waals surface area contributed by atoms with Crippen LogP contribution in [0.5, 0.6) is 5.75 Å². The molecule has 0 fully saturated rings. The number of methoxy groups -OCH3 is 1. The number of esters is 1. The van der Waals surface area contributed by atoms with Crippen molar-refractivity contribution >= 4 is 17.7 Å². The van der Waals surface area contributed by atoms with E-state index in [0.29, 0.717) is 11.0 Å². The molecule has 0 aliphatic rings. The second kappa shape index (κ2) is 8.73. The Morgan fingerprint density at radius 2 is 1.89 bits per heavy atom. The molecule has 0 amide bonds. The highest BCUT2D eigenvalue weighted by Gasteiger charge is 2.18. The summed E-state index contributed by atoms with van der Waals surface area (Å²) in [6.07, 6.45) is -0.141. The van der Waals surface area contributed by atoms with E-state index >= 15 is 0 Å². The van der Waals surface area contributed by atoms with Crippen molar-refractivity contribution in [2.24, 2.45) is 0 Å². The van der Waals surface area contributed by atoms with Crippen LogP contribution < -0.4 is 4.74 Å². The molecule has 0 saturated carbocycles. The van der Waals surface area contributed by atoms with E-state index < -0.39 is 0 Å². The van der Waals surface area contributed by atoms with E-state index in [4.69, 9.17) is 9.47 Å². The number of thioether (sulfide) groups is 1. The van der Waals surface area contributed by atoms with Crippen LogP contribution in [0.3, 0.4) is 0 Å². The minimum absolute atomic E-state index is 0.141. The average Bonchev–Trinajstić information content (AvgIpc) is 3.10. The maximum atomic E-state index is 11.9. The number of hydrogen-bond acceptors (Lipinski definition) is 6. The molecule has 1 aromatic heterocycles. The van der Waals surface area contributed by atoms with Gasteiger partial charge in [-0.1, -0.05) is 42.1 Å². The number of para-hydroxylation sites is 1. The Morgan fingerprint density at radius 3 is 2.59 bits per heavy atom. The topological polar surface area (TPSA) is 66.2 Å². The Labute approximate surface area is 162 Å². The minimum atomic E-state index is -0.277. The van der Waals surface area contributed by atoms with Crippen molar-refractivity contribution in [2.75, 3.05) is 12.9 Å². The Bertz CT molecular complexity index is 910. The van der Waals surface area contributed by atoms with Gasteiger partial charge in [0.2, 0.25) is 0 Å². The molecule has 0 saturated heterocycles. The van der Waals surface area contributed by atoms with Crippen molar-refractivity contribution in [3.63, 3.8) is 0 Å². The molecule has 0 aliphatic carbocycles. The number of carbonyl (C=O) groups is 1. The lowest BCUT2D eigenvalue weighted by Crippen LogP contribution is -2.13. The predicted octanol–water partition coefficient (Wildman–Crippen LogP) is 3.99. The molecule has 0 unspecified atom stereocenters. The summed E-state index contributed by atoms with van der Waals surface area (Å²) >= 11 is 1.30. The van der Waals surface area contributed by atoms with Crippen LogP contribution in [0, 0.1) is 0 Å². The van der Waals surface area contributed by atoms with E-state index in [1.165, 1.54) is 11.8 Å². The highest BCUT2D eigenvalue weighted by Crippen LogP contribution is 2.29. The third kappa shape index (κ3) is 4.68. The van der Waals surface area contributed by atoms with E-state index in [1.54, 1.807) is 7.11 Å². The van der Waals surface area contributed by atoms with Crippen molar-refractivity contribution in [3.8, 4) is 22.8 Å². The molecule has 2 aromatic carbocycles. The van der Waals surface area contributed by atoms with Crippen LogP contribution in [0.2, 0.25) is 0 Å². The lowest BCUT2D eigenvalue weighted by atomic mass is 10.2. The number of ether oxygens (including phenoxy) is 2. The van der Waals surface area contributed by atoms with Crippen LogP contribution in [0.1, 0.15) is 13.8 Å². The Hall–Kier alpha value is -2.80. The van der Waals surface area contributed by atoms with Crippen molar-refractivity contribution < 1.29 is 14.3 Å². The van der Waals surface area contributed by atoms with Gasteiger partial charge in [-0.2, -0.15) is 0 Å². The normalized spacial score (nSPS) is 10.8. The molecule has 140 valence electrons. The zero-order valence-corrected chi connectivity index (χ0v) is 16.3. The van der Waals surface area contributed by atoms with Crippen LogP contribution in [0.25, 0.3) is 17.1 Å². The molecule has 0 bridgehead atoms. The smallest absolute Gasteiger partial charge is 0.316 e. The summed E-state index contributed by atoms with van der Waals surface area (Å²) < 4.78 is 12.5. The van der Waals surface area contributed by atoms with E-state index in [9.17, 15) is 4.79 Å². The molecule has 0 atom stereocenters. The van der Waals surface area contributed by atoms with Crippen molar-refractivity contribution in [2.45, 2.75) is 25.1 Å². The molecule has 3 aromatic rings. The van der Waals surface area contributed by atoms with Gasteiger partial charge in [-0.3, -0.25) is 9.36 Å². The standard InChI is InChI=1S/C20H21N3O3S/c1-14(2)26-18(24)13-27-20-22-21-19(15-8-7-11-17(12-15)25-3)23(20)16-9-5-4-6-10-16/h4-12,14H,13H2,1-3H3. The van der Waals surface area contributed by atoms with E-state index in [-0.39, 0.29) is 17.8 Å². The lowest BCUT2D eigenvalue weighted by Gasteiger charge is -2.11. The third-order valence-corrected chi connectivity index (χ3v) is 4.56. The number of aromatic nitrogens is 3. The molecule has 6 nitrogen and oxygen atoms in total. The fraction of sp³-hybridized carbons (Fsp3) is 0.250. The summed E-state index contributed by atoms with van der Waals surface area (Å²) in [5.74, 6) is 1.31. The molecule has 1 heterocycles. The highest BCUT2D eigenvalue weighted by molar-refractivity contribution is 7.99. The summed E-state index contributed by atoms with van der Waals surface area (Å²) in [6.45, 7) is 3.66. The van der Waals surface area contributed by atoms with Gasteiger partial charge in [-0.05, 0) is 38.1 Å². The molecule has 27 heavy (non-hydrogen) atoms. The Morgan fingerprint density at radius 1 is 1.11 bits per heavy atom. The van der Waals surface area contributed by atoms with E-state index in [0.717, 1.165) is 17.0 Å². The Balaban J connectivity index is 1.97. The molecule has 7 heteroatoms. The first-order valence-corrected chi connectivity index (χ1v) is 9.54. The SMILES string of the molecule is COc1cccc(-c2nnc(SCC(=O)OC(C)C)n2-c2ccccc2)c1. The largest absolute Gasteiger partial charge is 0.497 e. The Kier molecular flexibility index (Phi) is 6.13. The van der Waals surface area contributed by atoms with Crippen molar-refractivity contribution in [1.29, 1.82) is 0 Å². The lowest BCUT2D eigenvalue weighted by molar-refractivity contribution is -0.144. The van der Waals surface area contributed by atoms with Gasteiger partial charge < -0.3 is 9.47 Å². The van der Waals surface area contributed by atoms with Crippen LogP contribution >= 0.6 is 11.8 Å². The monoisotopic (exact) mass is 383 g/mol. The number of carbonyl (C=O) groups excluding carboxylic acids is 1. The maximum Gasteiger partial charge on any atom is 0.316 e. The van der Waals surface area contributed by atoms with E-state index in [2.05, 4.69) is 10.2 Å². The highest BCUT2D eigenvalue weighted by atomic mass is 32.2. The van der Waals surface area contributed by atoms with Crippen LogP contribution in [-0.2, 0) is 9.53 Å². The second-order valence-corrected chi connectivity index (χ2v) is 6.98. The second-order valence-electron chi connectivity index (χ2n) is 6.04. The molecular weight excluding hydrogens is 362 g/mol. The quantitative estimate of drug-likeness (QED) is 0.454. The fourth-order valence-electron chi connectivity index (χ4n) is 2.54. The van der Waals surface area contributed by atoms with Gasteiger partial charge in [0.1, 0.15) is 5.75 Å². The van der Waals surface area contributed by atoms with Gasteiger partial charge in [0.05, 0.1) is 19.0 Å². The molecule has 3 rings (SSSR count). The zero-order chi connectivity index (χ0) is 19.2. The zero-order valence-electron chi connectivity index (χ0n) is 15.5. The first kappa shape index (κ1) is 19.0. The number of rotatable bonds is 7. The first-order valence-electron chi connectivity index (χ1n) is 8.56. The van der Waals surface area contributed by atoms with Gasteiger partial charge in [0.25, 0.3) is 0 Å². The molecule has 0 radical (unpaired) electrons. The number of nitrogens with zero attached hydrogens (tertiary/aromatic N) is 3. The summed E-state index contributed by atoms with van der Waals surface area (Å²) in [7, 11) is 1.63. The summed E-state index contributed by atoms with van der Waals surface area (Å²) in [6, 6.07) is 17.4. The van der Waals surface area contributed by atoms with Gasteiger partial charge in [-0.15, -0.1) is 10.2 Å². The van der Waals surface area contributed by atoms with Gasteiger partial charge in [0, 0.05) is 11.3 Å². The van der Waals surface area contributed by atoms with Gasteiger partial charge >= 0.3 is 5.97 Å². The first-order chi connectivity index (χ1) is 13.1. The number of hydrogen-bond donors (Lipinski definition) is 0. The molecule has 0 N–H and O–H groups in total. The molecular formula is C20H21N3O3S. The van der Waals surface area contributed by atoms with Crippen molar-refractivity contribution in [3.05, 3.63) is 54.6 Å². The molecule has 0 spiro atoms. The maximum absolute atomic E-state index is 11.9. The van der Waals surface area contributed by atoms with Crippen LogP contribution in [-0.4, -0.2) is 39.7 Å². The van der Waals surface area contributed by atoms with Crippen LogP contribution in [0.4, 0.5) is 0 Å². The third-order valence-electron chi connectivity index (χ3n) is 3.66. The summed E-state index contributed by atoms with van der Waals surface area (Å²) in [5.41, 5.74) is 1.79. The fourth-order valence-corrected chi connectivity index (χ4v) is 3.28. The minimum Gasteiger partial charge on any atom is -0.497 e. The average molecular weight is 383 g/mol. The summed E-state index contributed by atoms with van der Waals surface area (Å²) in [5, 5.41) is 9.29. The summed E-state index contributed by atoms with van der Waals surface area (Å²) in [4.78, 5) is 11.9. The predicted molar refractivity (Wildman–Crippen MR) is 105 cm³/mol. The van der Waals surface area contributed by atoms with Gasteiger partial charge in [0.15, 0.2) is 11.0 Å². The number of benzene rings is 2. The molecule has 0 aliphatic heterocycles.